The third-order valence-corrected chi connectivity index (χ3v) is 7.05. The molecule has 4 aromatic rings. The third kappa shape index (κ3) is 7.20. The zero-order valence-corrected chi connectivity index (χ0v) is 24.3. The highest BCUT2D eigenvalue weighted by Gasteiger charge is 2.18. The molecule has 7 nitrogen and oxygen atoms in total. The molecule has 0 spiro atoms. The molecule has 1 aromatic heterocycles. The molecule has 1 atom stereocenters. The predicted molar refractivity (Wildman–Crippen MR) is 159 cm³/mol. The lowest BCUT2D eigenvalue weighted by Gasteiger charge is -2.25. The summed E-state index contributed by atoms with van der Waals surface area (Å²) >= 11 is 3.49. The van der Waals surface area contributed by atoms with Crippen LogP contribution in [0.2, 0.25) is 0 Å². The smallest absolute Gasteiger partial charge is 0.254 e. The minimum Gasteiger partial charge on any atom is -0.497 e. The van der Waals surface area contributed by atoms with Crippen molar-refractivity contribution in [1.82, 2.24) is 9.88 Å². The van der Waals surface area contributed by atoms with Gasteiger partial charge in [0.05, 0.1) is 32.5 Å². The van der Waals surface area contributed by atoms with Gasteiger partial charge in [0.25, 0.3) is 5.91 Å². The highest BCUT2D eigenvalue weighted by molar-refractivity contribution is 9.10. The zero-order chi connectivity index (χ0) is 27.8. The standard InChI is InChI=1S/C31H34BrN3O4/c1-21(34-27-19-26(37-2)18-23-10-6-14-33-30(23)27)8-7-15-35(31(36)24-9-5-11-25(32)17-24)20-22-12-13-28(38-3)29(16-22)39-4/h5-6,9-14,16-19,21,34H,7-8,15,20H2,1-4H3. The molecule has 0 fully saturated rings. The number of carbonyl (C=O) groups excluding carboxylic acids is 1. The van der Waals surface area contributed by atoms with E-state index in [1.54, 1.807) is 27.5 Å². The van der Waals surface area contributed by atoms with Crippen molar-refractivity contribution in [3.63, 3.8) is 0 Å². The summed E-state index contributed by atoms with van der Waals surface area (Å²) in [5.41, 5.74) is 3.45. The first-order chi connectivity index (χ1) is 18.9. The lowest BCUT2D eigenvalue weighted by Crippen LogP contribution is -2.32. The van der Waals surface area contributed by atoms with Gasteiger partial charge in [-0.05, 0) is 67.8 Å². The van der Waals surface area contributed by atoms with Crippen LogP contribution in [0.5, 0.6) is 17.2 Å². The van der Waals surface area contributed by atoms with Gasteiger partial charge < -0.3 is 24.4 Å². The number of benzene rings is 3. The maximum Gasteiger partial charge on any atom is 0.254 e. The number of methoxy groups -OCH3 is 3. The summed E-state index contributed by atoms with van der Waals surface area (Å²) in [6.07, 6.45) is 3.47. The molecule has 0 aliphatic carbocycles. The molecule has 8 heteroatoms. The second kappa shape index (κ2) is 13.3. The lowest BCUT2D eigenvalue weighted by molar-refractivity contribution is 0.0739. The number of ether oxygens (including phenoxy) is 3. The van der Waals surface area contributed by atoms with Crippen LogP contribution in [0.3, 0.4) is 0 Å². The zero-order valence-electron chi connectivity index (χ0n) is 22.7. The number of amides is 1. The van der Waals surface area contributed by atoms with Crippen molar-refractivity contribution in [1.29, 1.82) is 0 Å². The predicted octanol–water partition coefficient (Wildman–Crippen LogP) is 6.95. The highest BCUT2D eigenvalue weighted by Crippen LogP contribution is 2.30. The molecule has 1 amide bonds. The SMILES string of the molecule is COc1cc(NC(C)CCCN(Cc2ccc(OC)c(OC)c2)C(=O)c2cccc(Br)c2)c2ncccc2c1. The third-order valence-electron chi connectivity index (χ3n) is 6.56. The fourth-order valence-electron chi connectivity index (χ4n) is 4.57. The molecule has 39 heavy (non-hydrogen) atoms. The molecule has 1 unspecified atom stereocenters. The highest BCUT2D eigenvalue weighted by atomic mass is 79.9. The fourth-order valence-corrected chi connectivity index (χ4v) is 4.97. The van der Waals surface area contributed by atoms with E-state index in [4.69, 9.17) is 14.2 Å². The number of anilines is 1. The minimum absolute atomic E-state index is 0.0188. The Bertz CT molecular complexity index is 1430. The molecule has 0 saturated heterocycles. The van der Waals surface area contributed by atoms with E-state index in [2.05, 4.69) is 33.2 Å². The van der Waals surface area contributed by atoms with Crippen LogP contribution >= 0.6 is 15.9 Å². The quantitative estimate of drug-likeness (QED) is 0.192. The number of hydrogen-bond acceptors (Lipinski definition) is 6. The molecule has 1 heterocycles. The summed E-state index contributed by atoms with van der Waals surface area (Å²) in [5.74, 6) is 2.06. The van der Waals surface area contributed by atoms with Crippen LogP contribution in [-0.4, -0.2) is 49.7 Å². The number of fused-ring (bicyclic) bond motifs is 1. The van der Waals surface area contributed by atoms with E-state index in [1.165, 1.54) is 0 Å². The summed E-state index contributed by atoms with van der Waals surface area (Å²) in [6, 6.07) is 21.3. The Balaban J connectivity index is 1.48. The van der Waals surface area contributed by atoms with Crippen molar-refractivity contribution in [2.24, 2.45) is 0 Å². The molecule has 0 aliphatic rings. The van der Waals surface area contributed by atoms with Crippen LogP contribution in [0.1, 0.15) is 35.7 Å². The van der Waals surface area contributed by atoms with E-state index in [-0.39, 0.29) is 11.9 Å². The number of halogens is 1. The second-order valence-corrected chi connectivity index (χ2v) is 10.3. The summed E-state index contributed by atoms with van der Waals surface area (Å²) in [5, 5.41) is 4.62. The van der Waals surface area contributed by atoms with Crippen molar-refractivity contribution in [2.45, 2.75) is 32.4 Å². The number of nitrogens with zero attached hydrogens (tertiary/aromatic N) is 2. The normalized spacial score (nSPS) is 11.6. The van der Waals surface area contributed by atoms with Gasteiger partial charge in [-0.15, -0.1) is 0 Å². The van der Waals surface area contributed by atoms with Gasteiger partial charge in [0, 0.05) is 46.8 Å². The molecule has 0 bridgehead atoms. The first-order valence-corrected chi connectivity index (χ1v) is 13.7. The van der Waals surface area contributed by atoms with Crippen LogP contribution < -0.4 is 19.5 Å². The molecular weight excluding hydrogens is 558 g/mol. The molecule has 0 aliphatic heterocycles. The second-order valence-electron chi connectivity index (χ2n) is 9.36. The Morgan fingerprint density at radius 1 is 0.974 bits per heavy atom. The number of aromatic nitrogens is 1. The summed E-state index contributed by atoms with van der Waals surface area (Å²) in [4.78, 5) is 20.0. The van der Waals surface area contributed by atoms with Crippen LogP contribution in [-0.2, 0) is 6.54 Å². The Morgan fingerprint density at radius 2 is 1.79 bits per heavy atom. The number of hydrogen-bond donors (Lipinski definition) is 1. The first-order valence-electron chi connectivity index (χ1n) is 12.9. The van der Waals surface area contributed by atoms with Gasteiger partial charge in [-0.25, -0.2) is 0 Å². The Morgan fingerprint density at radius 3 is 2.54 bits per heavy atom. The van der Waals surface area contributed by atoms with Gasteiger partial charge in [-0.2, -0.15) is 0 Å². The van der Waals surface area contributed by atoms with Gasteiger partial charge in [-0.3, -0.25) is 9.78 Å². The van der Waals surface area contributed by atoms with E-state index in [0.717, 1.165) is 45.2 Å². The average molecular weight is 593 g/mol. The van der Waals surface area contributed by atoms with Crippen LogP contribution in [0.25, 0.3) is 10.9 Å². The Labute approximate surface area is 238 Å². The fraction of sp³-hybridized carbons (Fsp3) is 0.290. The maximum absolute atomic E-state index is 13.6. The molecular formula is C31H34BrN3O4. The van der Waals surface area contributed by atoms with E-state index < -0.39 is 0 Å². The van der Waals surface area contributed by atoms with Gasteiger partial charge in [0.2, 0.25) is 0 Å². The van der Waals surface area contributed by atoms with Crippen LogP contribution in [0.4, 0.5) is 5.69 Å². The van der Waals surface area contributed by atoms with E-state index >= 15 is 0 Å². The number of carbonyl (C=O) groups is 1. The van der Waals surface area contributed by atoms with Gasteiger partial charge in [-0.1, -0.05) is 34.1 Å². The molecule has 204 valence electrons. The van der Waals surface area contributed by atoms with Gasteiger partial charge in [0.1, 0.15) is 5.75 Å². The summed E-state index contributed by atoms with van der Waals surface area (Å²) < 4.78 is 17.2. The van der Waals surface area contributed by atoms with E-state index in [0.29, 0.717) is 30.2 Å². The number of nitrogens with one attached hydrogen (secondary N) is 1. The van der Waals surface area contributed by atoms with Crippen molar-refractivity contribution in [3.05, 3.63) is 88.5 Å². The topological polar surface area (TPSA) is 72.9 Å². The largest absolute Gasteiger partial charge is 0.497 e. The Kier molecular flexibility index (Phi) is 9.65. The monoisotopic (exact) mass is 591 g/mol. The van der Waals surface area contributed by atoms with Crippen molar-refractivity contribution in [2.75, 3.05) is 33.2 Å². The summed E-state index contributed by atoms with van der Waals surface area (Å²) in [7, 11) is 4.89. The Hall–Kier alpha value is -3.78. The van der Waals surface area contributed by atoms with Crippen LogP contribution in [0, 0.1) is 0 Å². The minimum atomic E-state index is -0.0188. The lowest BCUT2D eigenvalue weighted by atomic mass is 10.1. The molecule has 0 radical (unpaired) electrons. The molecule has 3 aromatic carbocycles. The average Bonchev–Trinajstić information content (AvgIpc) is 2.96. The van der Waals surface area contributed by atoms with Crippen molar-refractivity contribution in [3.8, 4) is 17.2 Å². The van der Waals surface area contributed by atoms with Gasteiger partial charge in [0.15, 0.2) is 11.5 Å². The molecule has 1 N–H and O–H groups in total. The van der Waals surface area contributed by atoms with Crippen molar-refractivity contribution >= 4 is 38.4 Å². The number of pyridine rings is 1. The number of rotatable bonds is 12. The molecule has 0 saturated carbocycles. The van der Waals surface area contributed by atoms with E-state index in [1.807, 2.05) is 71.6 Å². The van der Waals surface area contributed by atoms with Crippen molar-refractivity contribution < 1.29 is 19.0 Å². The maximum atomic E-state index is 13.6. The van der Waals surface area contributed by atoms with Gasteiger partial charge >= 0.3 is 0 Å². The van der Waals surface area contributed by atoms with E-state index in [9.17, 15) is 4.79 Å². The first kappa shape index (κ1) is 28.2. The van der Waals surface area contributed by atoms with Crippen LogP contribution in [0.15, 0.2) is 77.4 Å². The summed E-state index contributed by atoms with van der Waals surface area (Å²) in [6.45, 7) is 3.20. The molecule has 4 rings (SSSR count).